The van der Waals surface area contributed by atoms with Crippen molar-refractivity contribution in [3.05, 3.63) is 71.1 Å². The molecule has 10 heteroatoms. The van der Waals surface area contributed by atoms with Crippen molar-refractivity contribution in [3.63, 3.8) is 0 Å². The SMILES string of the molecule is O=c1n(CN2CCN(S(=O)(=O)c3ccccc3)CC2)nnn1-c1ccccc1. The van der Waals surface area contributed by atoms with Gasteiger partial charge >= 0.3 is 5.69 Å². The van der Waals surface area contributed by atoms with E-state index in [0.717, 1.165) is 0 Å². The van der Waals surface area contributed by atoms with Gasteiger partial charge in [-0.25, -0.2) is 13.2 Å². The molecule has 1 fully saturated rings. The fourth-order valence-electron chi connectivity index (χ4n) is 3.14. The van der Waals surface area contributed by atoms with Gasteiger partial charge in [0.05, 0.1) is 10.6 Å². The molecule has 146 valence electrons. The summed E-state index contributed by atoms with van der Waals surface area (Å²) in [6.07, 6.45) is 0. The van der Waals surface area contributed by atoms with Crippen LogP contribution < -0.4 is 5.69 Å². The number of nitrogens with zero attached hydrogens (tertiary/aromatic N) is 6. The van der Waals surface area contributed by atoms with Crippen LogP contribution in [-0.2, 0) is 16.7 Å². The van der Waals surface area contributed by atoms with Gasteiger partial charge in [0.2, 0.25) is 10.0 Å². The third kappa shape index (κ3) is 3.61. The lowest BCUT2D eigenvalue weighted by Crippen LogP contribution is -2.49. The van der Waals surface area contributed by atoms with Crippen molar-refractivity contribution in [2.75, 3.05) is 26.2 Å². The Morgan fingerprint density at radius 1 is 0.821 bits per heavy atom. The third-order valence-electron chi connectivity index (χ3n) is 4.69. The number of tetrazole rings is 1. The molecule has 0 atom stereocenters. The lowest BCUT2D eigenvalue weighted by Gasteiger charge is -2.33. The Morgan fingerprint density at radius 2 is 1.43 bits per heavy atom. The van der Waals surface area contributed by atoms with Gasteiger partial charge in [-0.2, -0.15) is 13.7 Å². The minimum absolute atomic E-state index is 0.269. The van der Waals surface area contributed by atoms with E-state index in [2.05, 4.69) is 10.4 Å². The molecule has 9 nitrogen and oxygen atoms in total. The number of benzene rings is 2. The zero-order chi connectivity index (χ0) is 19.6. The maximum absolute atomic E-state index is 12.7. The molecule has 3 aromatic rings. The van der Waals surface area contributed by atoms with E-state index >= 15 is 0 Å². The number of hydrogen-bond donors (Lipinski definition) is 0. The van der Waals surface area contributed by atoms with Crippen molar-refractivity contribution < 1.29 is 8.42 Å². The molecule has 0 bridgehead atoms. The second kappa shape index (κ2) is 7.66. The highest BCUT2D eigenvalue weighted by atomic mass is 32.2. The molecule has 2 aromatic carbocycles. The molecular formula is C18H20N6O3S. The van der Waals surface area contributed by atoms with Gasteiger partial charge in [0, 0.05) is 26.2 Å². The molecule has 0 unspecified atom stereocenters. The molecule has 1 saturated heterocycles. The molecule has 0 aliphatic carbocycles. The predicted molar refractivity (Wildman–Crippen MR) is 102 cm³/mol. The standard InChI is InChI=1S/C18H20N6O3S/c25-18-23(19-20-24(18)16-7-3-1-4-8-16)15-21-11-13-22(14-12-21)28(26,27)17-9-5-2-6-10-17/h1-10H,11-15H2. The molecular weight excluding hydrogens is 380 g/mol. The van der Waals surface area contributed by atoms with Gasteiger partial charge < -0.3 is 0 Å². The van der Waals surface area contributed by atoms with E-state index in [9.17, 15) is 13.2 Å². The van der Waals surface area contributed by atoms with E-state index in [1.165, 1.54) is 13.7 Å². The summed E-state index contributed by atoms with van der Waals surface area (Å²) in [5, 5.41) is 7.87. The number of rotatable bonds is 5. The predicted octanol–water partition coefficient (Wildman–Crippen LogP) is 0.393. The van der Waals surface area contributed by atoms with Gasteiger partial charge in [-0.05, 0) is 34.7 Å². The first-order chi connectivity index (χ1) is 13.6. The number of para-hydroxylation sites is 1. The van der Waals surface area contributed by atoms with Crippen molar-refractivity contribution in [1.29, 1.82) is 0 Å². The van der Waals surface area contributed by atoms with Gasteiger partial charge in [-0.3, -0.25) is 4.90 Å². The average molecular weight is 400 g/mol. The summed E-state index contributed by atoms with van der Waals surface area (Å²) in [6.45, 7) is 2.01. The maximum atomic E-state index is 12.7. The van der Waals surface area contributed by atoms with Crippen molar-refractivity contribution in [3.8, 4) is 5.69 Å². The fourth-order valence-corrected chi connectivity index (χ4v) is 4.58. The van der Waals surface area contributed by atoms with Gasteiger partial charge in [0.25, 0.3) is 0 Å². The Balaban J connectivity index is 1.42. The first kappa shape index (κ1) is 18.5. The number of hydrogen-bond acceptors (Lipinski definition) is 6. The highest BCUT2D eigenvalue weighted by Gasteiger charge is 2.28. The fraction of sp³-hybridized carbons (Fsp3) is 0.278. The molecule has 0 saturated carbocycles. The topological polar surface area (TPSA) is 93.3 Å². The molecule has 0 spiro atoms. The van der Waals surface area contributed by atoms with Crippen LogP contribution in [0, 0.1) is 0 Å². The summed E-state index contributed by atoms with van der Waals surface area (Å²) in [5.41, 5.74) is 0.322. The van der Waals surface area contributed by atoms with Gasteiger partial charge in [-0.15, -0.1) is 0 Å². The van der Waals surface area contributed by atoms with Gasteiger partial charge in [-0.1, -0.05) is 36.4 Å². The highest BCUT2D eigenvalue weighted by molar-refractivity contribution is 7.89. The van der Waals surface area contributed by atoms with Crippen LogP contribution in [0.1, 0.15) is 0 Å². The van der Waals surface area contributed by atoms with E-state index in [4.69, 9.17) is 0 Å². The zero-order valence-corrected chi connectivity index (χ0v) is 15.9. The Bertz CT molecular complexity index is 1090. The van der Waals surface area contributed by atoms with Crippen molar-refractivity contribution >= 4 is 10.0 Å². The Morgan fingerprint density at radius 3 is 2.07 bits per heavy atom. The molecule has 4 rings (SSSR count). The molecule has 0 N–H and O–H groups in total. The number of piperazine rings is 1. The normalized spacial score (nSPS) is 16.3. The average Bonchev–Trinajstić information content (AvgIpc) is 3.10. The van der Waals surface area contributed by atoms with Gasteiger partial charge in [0.15, 0.2) is 0 Å². The minimum Gasteiger partial charge on any atom is -0.282 e. The Kier molecular flexibility index (Phi) is 5.07. The molecule has 1 aromatic heterocycles. The summed E-state index contributed by atoms with van der Waals surface area (Å²) >= 11 is 0. The molecule has 28 heavy (non-hydrogen) atoms. The van der Waals surface area contributed by atoms with Gasteiger partial charge in [0.1, 0.15) is 6.67 Å². The summed E-state index contributed by atoms with van der Waals surface area (Å²) < 4.78 is 29.4. The van der Waals surface area contributed by atoms with E-state index in [1.54, 1.807) is 42.5 Å². The van der Waals surface area contributed by atoms with E-state index in [-0.39, 0.29) is 12.4 Å². The summed E-state index contributed by atoms with van der Waals surface area (Å²) in [4.78, 5) is 14.8. The van der Waals surface area contributed by atoms with Crippen LogP contribution in [-0.4, -0.2) is 63.6 Å². The quantitative estimate of drug-likeness (QED) is 0.615. The number of sulfonamides is 1. The smallest absolute Gasteiger partial charge is 0.282 e. The van der Waals surface area contributed by atoms with Crippen molar-refractivity contribution in [2.24, 2.45) is 0 Å². The molecule has 1 aliphatic heterocycles. The van der Waals surface area contributed by atoms with Crippen LogP contribution in [0.25, 0.3) is 5.69 Å². The largest absolute Gasteiger partial charge is 0.369 e. The lowest BCUT2D eigenvalue weighted by molar-refractivity contribution is 0.142. The summed E-state index contributed by atoms with van der Waals surface area (Å²) in [5.74, 6) is 0. The maximum Gasteiger partial charge on any atom is 0.369 e. The molecule has 0 amide bonds. The summed E-state index contributed by atoms with van der Waals surface area (Å²) in [6, 6.07) is 17.5. The highest BCUT2D eigenvalue weighted by Crippen LogP contribution is 2.17. The van der Waals surface area contributed by atoms with E-state index in [0.29, 0.717) is 36.8 Å². The first-order valence-electron chi connectivity index (χ1n) is 8.91. The second-order valence-electron chi connectivity index (χ2n) is 6.48. The van der Waals surface area contributed by atoms with Crippen LogP contribution in [0.3, 0.4) is 0 Å². The van der Waals surface area contributed by atoms with Crippen molar-refractivity contribution in [1.82, 2.24) is 29.0 Å². The van der Waals surface area contributed by atoms with Crippen LogP contribution in [0.4, 0.5) is 0 Å². The summed E-state index contributed by atoms with van der Waals surface area (Å²) in [7, 11) is -3.49. The second-order valence-corrected chi connectivity index (χ2v) is 8.42. The van der Waals surface area contributed by atoms with E-state index in [1.807, 2.05) is 23.1 Å². The monoisotopic (exact) mass is 400 g/mol. The van der Waals surface area contributed by atoms with Crippen LogP contribution in [0.5, 0.6) is 0 Å². The zero-order valence-electron chi connectivity index (χ0n) is 15.1. The van der Waals surface area contributed by atoms with Crippen LogP contribution in [0.2, 0.25) is 0 Å². The first-order valence-corrected chi connectivity index (χ1v) is 10.4. The molecule has 2 heterocycles. The third-order valence-corrected chi connectivity index (χ3v) is 6.60. The Hall–Kier alpha value is -2.82. The molecule has 1 aliphatic rings. The van der Waals surface area contributed by atoms with Crippen LogP contribution in [0.15, 0.2) is 70.4 Å². The lowest BCUT2D eigenvalue weighted by atomic mass is 10.3. The van der Waals surface area contributed by atoms with E-state index < -0.39 is 10.0 Å². The molecule has 0 radical (unpaired) electrons. The Labute approximate surface area is 162 Å². The van der Waals surface area contributed by atoms with Crippen LogP contribution >= 0.6 is 0 Å². The number of aromatic nitrogens is 4. The minimum atomic E-state index is -3.49. The van der Waals surface area contributed by atoms with Crippen molar-refractivity contribution in [2.45, 2.75) is 11.6 Å².